The van der Waals surface area contributed by atoms with Gasteiger partial charge in [-0.15, -0.1) is 0 Å². The summed E-state index contributed by atoms with van der Waals surface area (Å²) in [7, 11) is -2.78. The molecule has 2 unspecified atom stereocenters. The molecule has 2 fully saturated rings. The molecule has 0 aromatic heterocycles. The minimum Gasteiger partial charge on any atom is -0.308 e. The number of sulfone groups is 1. The minimum atomic E-state index is -2.78. The lowest BCUT2D eigenvalue weighted by molar-refractivity contribution is 0.240. The van der Waals surface area contributed by atoms with Crippen LogP contribution in [0, 0.1) is 5.92 Å². The van der Waals surface area contributed by atoms with E-state index < -0.39 is 9.84 Å². The molecule has 16 heavy (non-hydrogen) atoms. The number of hydrogen-bond acceptors (Lipinski definition) is 3. The molecular weight excluding hydrogens is 222 g/mol. The van der Waals surface area contributed by atoms with Crippen LogP contribution in [0.15, 0.2) is 0 Å². The number of hydrogen-bond donors (Lipinski definition) is 1. The van der Waals surface area contributed by atoms with Gasteiger partial charge in [0, 0.05) is 11.6 Å². The van der Waals surface area contributed by atoms with Gasteiger partial charge < -0.3 is 5.32 Å². The highest BCUT2D eigenvalue weighted by atomic mass is 32.2. The van der Waals surface area contributed by atoms with E-state index in [1.54, 1.807) is 0 Å². The molecule has 1 N–H and O–H groups in total. The molecule has 94 valence electrons. The molecule has 2 rings (SSSR count). The fourth-order valence-corrected chi connectivity index (χ4v) is 5.11. The van der Waals surface area contributed by atoms with E-state index in [0.717, 1.165) is 12.3 Å². The van der Waals surface area contributed by atoms with E-state index in [-0.39, 0.29) is 5.54 Å². The molecule has 0 spiro atoms. The summed E-state index contributed by atoms with van der Waals surface area (Å²) in [6.45, 7) is 4.24. The second kappa shape index (κ2) is 4.30. The summed E-state index contributed by atoms with van der Waals surface area (Å²) in [6, 6.07) is 0.448. The first-order valence-electron chi connectivity index (χ1n) is 6.37. The van der Waals surface area contributed by atoms with Gasteiger partial charge in [-0.1, -0.05) is 19.3 Å². The van der Waals surface area contributed by atoms with E-state index >= 15 is 0 Å². The van der Waals surface area contributed by atoms with Crippen LogP contribution in [0.3, 0.4) is 0 Å². The summed E-state index contributed by atoms with van der Waals surface area (Å²) >= 11 is 0. The van der Waals surface area contributed by atoms with E-state index in [1.165, 1.54) is 25.7 Å². The largest absolute Gasteiger partial charge is 0.308 e. The van der Waals surface area contributed by atoms with Crippen LogP contribution in [0.4, 0.5) is 0 Å². The van der Waals surface area contributed by atoms with E-state index in [2.05, 4.69) is 19.2 Å². The van der Waals surface area contributed by atoms with Crippen LogP contribution >= 0.6 is 0 Å². The van der Waals surface area contributed by atoms with Crippen molar-refractivity contribution in [2.45, 2.75) is 57.5 Å². The number of rotatable bonds is 4. The van der Waals surface area contributed by atoms with Gasteiger partial charge in [0.2, 0.25) is 0 Å². The fraction of sp³-hybridized carbons (Fsp3) is 1.00. The zero-order chi connectivity index (χ0) is 11.8. The van der Waals surface area contributed by atoms with E-state index in [0.29, 0.717) is 17.5 Å². The molecule has 1 aliphatic carbocycles. The summed E-state index contributed by atoms with van der Waals surface area (Å²) in [4.78, 5) is 0. The summed E-state index contributed by atoms with van der Waals surface area (Å²) in [5.74, 6) is 1.55. The van der Waals surface area contributed by atoms with Gasteiger partial charge in [0.15, 0.2) is 9.84 Å². The van der Waals surface area contributed by atoms with Crippen LogP contribution in [-0.2, 0) is 9.84 Å². The van der Waals surface area contributed by atoms with Gasteiger partial charge >= 0.3 is 0 Å². The number of nitrogens with one attached hydrogen (secondary N) is 1. The molecule has 2 atom stereocenters. The van der Waals surface area contributed by atoms with Gasteiger partial charge in [-0.25, -0.2) is 8.42 Å². The predicted octanol–water partition coefficient (Wildman–Crippen LogP) is 1.73. The highest BCUT2D eigenvalue weighted by Crippen LogP contribution is 2.31. The Morgan fingerprint density at radius 2 is 2.12 bits per heavy atom. The van der Waals surface area contributed by atoms with Crippen molar-refractivity contribution in [3.05, 3.63) is 0 Å². The van der Waals surface area contributed by atoms with Crippen LogP contribution in [0.5, 0.6) is 0 Å². The Morgan fingerprint density at radius 3 is 2.56 bits per heavy atom. The van der Waals surface area contributed by atoms with Crippen molar-refractivity contribution < 1.29 is 8.42 Å². The lowest BCUT2D eigenvalue weighted by atomic mass is 9.81. The Balaban J connectivity index is 1.83. The fourth-order valence-electron chi connectivity index (χ4n) is 3.01. The average molecular weight is 245 g/mol. The van der Waals surface area contributed by atoms with Gasteiger partial charge in [0.05, 0.1) is 11.5 Å². The molecule has 1 heterocycles. The Labute approximate surface area is 98.9 Å². The van der Waals surface area contributed by atoms with Crippen molar-refractivity contribution in [3.8, 4) is 0 Å². The maximum atomic E-state index is 11.5. The lowest BCUT2D eigenvalue weighted by Crippen LogP contribution is -2.48. The highest BCUT2D eigenvalue weighted by molar-refractivity contribution is 7.91. The zero-order valence-corrected chi connectivity index (χ0v) is 11.1. The molecule has 1 saturated carbocycles. The van der Waals surface area contributed by atoms with Crippen molar-refractivity contribution in [3.63, 3.8) is 0 Å². The van der Waals surface area contributed by atoms with Gasteiger partial charge in [0.25, 0.3) is 0 Å². The normalized spacial score (nSPS) is 35.9. The van der Waals surface area contributed by atoms with E-state index in [4.69, 9.17) is 0 Å². The van der Waals surface area contributed by atoms with Crippen LogP contribution in [0.25, 0.3) is 0 Å². The lowest BCUT2D eigenvalue weighted by Gasteiger charge is -2.33. The smallest absolute Gasteiger partial charge is 0.152 e. The van der Waals surface area contributed by atoms with Crippen LogP contribution in [0.2, 0.25) is 0 Å². The first kappa shape index (κ1) is 12.4. The van der Waals surface area contributed by atoms with Crippen molar-refractivity contribution in [1.29, 1.82) is 0 Å². The maximum absolute atomic E-state index is 11.5. The van der Waals surface area contributed by atoms with Crippen molar-refractivity contribution in [2.75, 3.05) is 11.5 Å². The Kier molecular flexibility index (Phi) is 3.32. The van der Waals surface area contributed by atoms with Gasteiger partial charge in [0.1, 0.15) is 0 Å². The Hall–Kier alpha value is -0.0900. The molecular formula is C12H23NO2S. The van der Waals surface area contributed by atoms with Gasteiger partial charge in [-0.05, 0) is 32.6 Å². The standard InChI is InChI=1S/C12H23NO2S/c1-10(8-11-4-3-5-11)13-12(2)6-7-16(14,15)9-12/h10-11,13H,3-9H2,1-2H3. The van der Waals surface area contributed by atoms with Gasteiger partial charge in [-0.2, -0.15) is 0 Å². The first-order valence-corrected chi connectivity index (χ1v) is 8.19. The minimum absolute atomic E-state index is 0.179. The molecule has 0 amide bonds. The van der Waals surface area contributed by atoms with Crippen molar-refractivity contribution in [1.82, 2.24) is 5.32 Å². The van der Waals surface area contributed by atoms with E-state index in [1.807, 2.05) is 0 Å². The average Bonchev–Trinajstić information content (AvgIpc) is 2.33. The summed E-state index contributed by atoms with van der Waals surface area (Å²) in [6.07, 6.45) is 6.07. The molecule has 0 aromatic carbocycles. The van der Waals surface area contributed by atoms with Crippen molar-refractivity contribution in [2.24, 2.45) is 5.92 Å². The Morgan fingerprint density at radius 1 is 1.44 bits per heavy atom. The van der Waals surface area contributed by atoms with E-state index in [9.17, 15) is 8.42 Å². The molecule has 2 aliphatic rings. The predicted molar refractivity (Wildman–Crippen MR) is 66.2 cm³/mol. The monoisotopic (exact) mass is 245 g/mol. The zero-order valence-electron chi connectivity index (χ0n) is 10.3. The quantitative estimate of drug-likeness (QED) is 0.820. The van der Waals surface area contributed by atoms with Gasteiger partial charge in [-0.3, -0.25) is 0 Å². The molecule has 1 aliphatic heterocycles. The van der Waals surface area contributed by atoms with Crippen LogP contribution in [-0.4, -0.2) is 31.5 Å². The van der Waals surface area contributed by atoms with Crippen LogP contribution < -0.4 is 5.32 Å². The summed E-state index contributed by atoms with van der Waals surface area (Å²) in [5, 5.41) is 3.53. The molecule has 4 heteroatoms. The maximum Gasteiger partial charge on any atom is 0.152 e. The third-order valence-corrected chi connectivity index (χ3v) is 5.91. The second-order valence-electron chi connectivity index (χ2n) is 5.98. The topological polar surface area (TPSA) is 46.2 Å². The SMILES string of the molecule is CC(CC1CCC1)NC1(C)CCS(=O)(=O)C1. The molecule has 1 saturated heterocycles. The van der Waals surface area contributed by atoms with Crippen molar-refractivity contribution >= 4 is 9.84 Å². The first-order chi connectivity index (χ1) is 7.39. The third kappa shape index (κ3) is 2.98. The second-order valence-corrected chi connectivity index (χ2v) is 8.16. The highest BCUT2D eigenvalue weighted by Gasteiger charge is 2.39. The molecule has 0 radical (unpaired) electrons. The molecule has 3 nitrogen and oxygen atoms in total. The summed E-state index contributed by atoms with van der Waals surface area (Å²) in [5.41, 5.74) is -0.179. The summed E-state index contributed by atoms with van der Waals surface area (Å²) < 4.78 is 23.0. The Bertz CT molecular complexity index is 348. The molecule has 0 bridgehead atoms. The van der Waals surface area contributed by atoms with Crippen LogP contribution in [0.1, 0.15) is 46.0 Å². The third-order valence-electron chi connectivity index (χ3n) is 4.01. The molecule has 0 aromatic rings.